The van der Waals surface area contributed by atoms with Crippen LogP contribution < -0.4 is 10.1 Å². The molecule has 1 fully saturated rings. The molecule has 0 spiro atoms. The number of hydrazone groups is 1. The van der Waals surface area contributed by atoms with Crippen LogP contribution in [0.5, 0.6) is 5.75 Å². The van der Waals surface area contributed by atoms with Gasteiger partial charge in [0, 0.05) is 35.4 Å². The van der Waals surface area contributed by atoms with E-state index in [1.54, 1.807) is 5.01 Å². The van der Waals surface area contributed by atoms with Crippen molar-refractivity contribution in [1.29, 1.82) is 0 Å². The standard InChI is InChI=1S/C30H29N3O5S/c1-39(36,37)23-16-14-20(15-17-23)28(34)30-33-26(24-8-4-5-9-27(24)38-30)18-25(32-33)19-10-12-21(13-11-19)29(35)31-22-6-2-3-7-22/h4-5,8-17,22,26,30H,2-3,6-7,18H2,1H3,(H,31,35). The third-order valence-electron chi connectivity index (χ3n) is 7.66. The molecule has 8 nitrogen and oxygen atoms in total. The van der Waals surface area contributed by atoms with Gasteiger partial charge in [0.1, 0.15) is 5.75 Å². The number of Topliss-reactive ketones (excluding diaryl/α,β-unsaturated/α-hetero) is 1. The molecule has 1 N–H and O–H groups in total. The Balaban J connectivity index is 1.27. The lowest BCUT2D eigenvalue weighted by Gasteiger charge is -2.37. The number of nitrogens with one attached hydrogen (secondary N) is 1. The van der Waals surface area contributed by atoms with E-state index in [1.807, 2.05) is 48.5 Å². The predicted molar refractivity (Wildman–Crippen MR) is 147 cm³/mol. The molecule has 2 aliphatic heterocycles. The average Bonchev–Trinajstić information content (AvgIpc) is 3.62. The van der Waals surface area contributed by atoms with Crippen molar-refractivity contribution in [3.8, 4) is 5.75 Å². The van der Waals surface area contributed by atoms with Crippen molar-refractivity contribution in [3.63, 3.8) is 0 Å². The highest BCUT2D eigenvalue weighted by molar-refractivity contribution is 7.90. The lowest BCUT2D eigenvalue weighted by Crippen LogP contribution is -2.45. The third-order valence-corrected chi connectivity index (χ3v) is 8.79. The Labute approximate surface area is 227 Å². The van der Waals surface area contributed by atoms with Crippen LogP contribution in [0, 0.1) is 0 Å². The maximum atomic E-state index is 13.6. The number of para-hydroxylation sites is 1. The Morgan fingerprint density at radius 3 is 2.28 bits per heavy atom. The van der Waals surface area contributed by atoms with Gasteiger partial charge in [-0.1, -0.05) is 43.2 Å². The number of ether oxygens (including phenoxy) is 1. The summed E-state index contributed by atoms with van der Waals surface area (Å²) in [5, 5.41) is 9.65. The fourth-order valence-corrected chi connectivity index (χ4v) is 6.17. The molecule has 3 aromatic rings. The molecular formula is C30H29N3O5S. The molecule has 0 radical (unpaired) electrons. The normalized spacial score (nSPS) is 20.5. The maximum Gasteiger partial charge on any atom is 0.251 e. The van der Waals surface area contributed by atoms with Crippen molar-refractivity contribution in [2.45, 2.75) is 55.3 Å². The molecule has 2 atom stereocenters. The van der Waals surface area contributed by atoms with Crippen molar-refractivity contribution in [2.24, 2.45) is 5.10 Å². The molecular weight excluding hydrogens is 514 g/mol. The largest absolute Gasteiger partial charge is 0.461 e. The highest BCUT2D eigenvalue weighted by Gasteiger charge is 2.43. The Bertz CT molecular complexity index is 1560. The van der Waals surface area contributed by atoms with Gasteiger partial charge in [0.15, 0.2) is 9.84 Å². The highest BCUT2D eigenvalue weighted by Crippen LogP contribution is 2.43. The zero-order chi connectivity index (χ0) is 27.1. The molecule has 39 heavy (non-hydrogen) atoms. The Morgan fingerprint density at radius 2 is 1.59 bits per heavy atom. The number of hydrogen-bond acceptors (Lipinski definition) is 7. The number of hydrogen-bond donors (Lipinski definition) is 1. The van der Waals surface area contributed by atoms with E-state index in [9.17, 15) is 18.0 Å². The molecule has 200 valence electrons. The number of fused-ring (bicyclic) bond motifs is 3. The van der Waals surface area contributed by atoms with Crippen LogP contribution in [-0.4, -0.2) is 49.4 Å². The van der Waals surface area contributed by atoms with Gasteiger partial charge in [-0.3, -0.25) is 9.59 Å². The van der Waals surface area contributed by atoms with Crippen LogP contribution in [0.4, 0.5) is 0 Å². The molecule has 1 aliphatic carbocycles. The second-order valence-electron chi connectivity index (χ2n) is 10.3. The molecule has 9 heteroatoms. The van der Waals surface area contributed by atoms with Gasteiger partial charge in [-0.25, -0.2) is 13.4 Å². The van der Waals surface area contributed by atoms with E-state index in [0.29, 0.717) is 23.3 Å². The summed E-state index contributed by atoms with van der Waals surface area (Å²) in [5.41, 5.74) is 3.57. The number of sulfone groups is 1. The summed E-state index contributed by atoms with van der Waals surface area (Å²) in [4.78, 5) is 26.4. The number of benzene rings is 3. The first kappa shape index (κ1) is 25.3. The second-order valence-corrected chi connectivity index (χ2v) is 12.4. The van der Waals surface area contributed by atoms with Gasteiger partial charge in [-0.2, -0.15) is 5.10 Å². The van der Waals surface area contributed by atoms with Gasteiger partial charge in [-0.05, 0) is 60.9 Å². The van der Waals surface area contributed by atoms with E-state index < -0.39 is 16.1 Å². The topological polar surface area (TPSA) is 105 Å². The molecule has 2 heterocycles. The number of carbonyl (C=O) groups excluding carboxylic acids is 2. The van der Waals surface area contributed by atoms with E-state index >= 15 is 0 Å². The van der Waals surface area contributed by atoms with Crippen molar-refractivity contribution in [3.05, 3.63) is 95.1 Å². The minimum absolute atomic E-state index is 0.0610. The number of rotatable bonds is 6. The Morgan fingerprint density at radius 1 is 0.923 bits per heavy atom. The van der Waals surface area contributed by atoms with Crippen LogP contribution in [0.2, 0.25) is 0 Å². The van der Waals surface area contributed by atoms with E-state index in [1.165, 1.54) is 24.3 Å². The first-order valence-corrected chi connectivity index (χ1v) is 15.0. The Hall–Kier alpha value is -3.98. The number of nitrogens with zero attached hydrogens (tertiary/aromatic N) is 2. The molecule has 1 saturated carbocycles. The molecule has 3 aliphatic rings. The lowest BCUT2D eigenvalue weighted by atomic mass is 9.95. The number of ketones is 1. The summed E-state index contributed by atoms with van der Waals surface area (Å²) in [6, 6.07) is 21.0. The fraction of sp³-hybridized carbons (Fsp3) is 0.300. The van der Waals surface area contributed by atoms with Crippen molar-refractivity contribution in [1.82, 2.24) is 10.3 Å². The molecule has 6 rings (SSSR count). The summed E-state index contributed by atoms with van der Waals surface area (Å²) < 4.78 is 29.9. The van der Waals surface area contributed by atoms with Gasteiger partial charge in [0.25, 0.3) is 12.1 Å². The zero-order valence-electron chi connectivity index (χ0n) is 21.5. The van der Waals surface area contributed by atoms with Crippen LogP contribution in [0.15, 0.2) is 82.8 Å². The summed E-state index contributed by atoms with van der Waals surface area (Å²) in [6.45, 7) is 0. The van der Waals surface area contributed by atoms with Crippen molar-refractivity contribution < 1.29 is 22.7 Å². The number of carbonyl (C=O) groups is 2. The average molecular weight is 544 g/mol. The van der Waals surface area contributed by atoms with Crippen molar-refractivity contribution in [2.75, 3.05) is 6.26 Å². The Kier molecular flexibility index (Phi) is 6.46. The minimum Gasteiger partial charge on any atom is -0.461 e. The summed E-state index contributed by atoms with van der Waals surface area (Å²) in [7, 11) is -3.38. The van der Waals surface area contributed by atoms with Gasteiger partial charge in [0.05, 0.1) is 16.6 Å². The minimum atomic E-state index is -3.38. The summed E-state index contributed by atoms with van der Waals surface area (Å²) in [6.07, 6.45) is 5.08. The maximum absolute atomic E-state index is 13.6. The molecule has 0 aromatic heterocycles. The lowest BCUT2D eigenvalue weighted by molar-refractivity contribution is -0.00456. The van der Waals surface area contributed by atoms with Crippen LogP contribution >= 0.6 is 0 Å². The first-order chi connectivity index (χ1) is 18.8. The third kappa shape index (κ3) is 4.94. The fourth-order valence-electron chi connectivity index (χ4n) is 5.54. The van der Waals surface area contributed by atoms with E-state index in [0.717, 1.165) is 48.8 Å². The second kappa shape index (κ2) is 9.96. The monoisotopic (exact) mass is 543 g/mol. The number of amides is 1. The zero-order valence-corrected chi connectivity index (χ0v) is 22.4. The SMILES string of the molecule is CS(=O)(=O)c1ccc(C(=O)C2Oc3ccccc3C3CC(c4ccc(C(=O)NC5CCCC5)cc4)=NN23)cc1. The van der Waals surface area contributed by atoms with E-state index in [4.69, 9.17) is 9.84 Å². The summed E-state index contributed by atoms with van der Waals surface area (Å²) in [5.74, 6) is 0.257. The van der Waals surface area contributed by atoms with E-state index in [2.05, 4.69) is 5.32 Å². The van der Waals surface area contributed by atoms with Gasteiger partial charge >= 0.3 is 0 Å². The van der Waals surface area contributed by atoms with E-state index in [-0.39, 0.29) is 28.7 Å². The molecule has 2 unspecified atom stereocenters. The van der Waals surface area contributed by atoms with Gasteiger partial charge in [-0.15, -0.1) is 0 Å². The van der Waals surface area contributed by atoms with Crippen LogP contribution in [-0.2, 0) is 9.84 Å². The molecule has 3 aromatic carbocycles. The molecule has 0 saturated heterocycles. The van der Waals surface area contributed by atoms with Crippen LogP contribution in [0.3, 0.4) is 0 Å². The van der Waals surface area contributed by atoms with Crippen LogP contribution in [0.1, 0.15) is 70.0 Å². The van der Waals surface area contributed by atoms with Gasteiger partial charge < -0.3 is 10.1 Å². The molecule has 1 amide bonds. The summed E-state index contributed by atoms with van der Waals surface area (Å²) >= 11 is 0. The van der Waals surface area contributed by atoms with Crippen molar-refractivity contribution >= 4 is 27.2 Å². The van der Waals surface area contributed by atoms with Crippen LogP contribution in [0.25, 0.3) is 0 Å². The quantitative estimate of drug-likeness (QED) is 0.459. The first-order valence-electron chi connectivity index (χ1n) is 13.1. The smallest absolute Gasteiger partial charge is 0.251 e. The molecule has 0 bridgehead atoms. The van der Waals surface area contributed by atoms with Gasteiger partial charge in [0.2, 0.25) is 5.78 Å². The predicted octanol–water partition coefficient (Wildman–Crippen LogP) is 4.52. The highest BCUT2D eigenvalue weighted by atomic mass is 32.2.